The molecule has 4 rings (SSSR count). The monoisotopic (exact) mass is 726 g/mol. The number of fused-ring (bicyclic) bond motifs is 1. The van der Waals surface area contributed by atoms with Crippen LogP contribution >= 0.6 is 0 Å². The molecule has 7 N–H and O–H groups in total. The van der Waals surface area contributed by atoms with Gasteiger partial charge in [0, 0.05) is 24.1 Å². The second-order valence-electron chi connectivity index (χ2n) is 12.9. The van der Waals surface area contributed by atoms with Crippen LogP contribution in [-0.2, 0) is 14.3 Å². The van der Waals surface area contributed by atoms with Gasteiger partial charge in [0.15, 0.2) is 17.3 Å². The van der Waals surface area contributed by atoms with E-state index in [0.29, 0.717) is 6.42 Å². The number of hydrogen-bond acceptors (Lipinski definition) is 13. The number of allylic oxidation sites excluding steroid dienone is 4. The average Bonchev–Trinajstić information content (AvgIpc) is 3.11. The molecule has 13 nitrogen and oxygen atoms in total. The summed E-state index contributed by atoms with van der Waals surface area (Å²) in [6, 6.07) is 5.42. The number of phenolic OH excluding ortho intramolecular Hbond substituents is 4. The van der Waals surface area contributed by atoms with Crippen LogP contribution in [0.25, 0.3) is 22.3 Å². The van der Waals surface area contributed by atoms with Crippen LogP contribution in [0.2, 0.25) is 0 Å². The highest BCUT2D eigenvalue weighted by molar-refractivity contribution is 5.88. The van der Waals surface area contributed by atoms with Crippen molar-refractivity contribution in [3.63, 3.8) is 0 Å². The molecule has 0 aliphatic carbocycles. The molecule has 52 heavy (non-hydrogen) atoms. The van der Waals surface area contributed by atoms with Crippen molar-refractivity contribution in [2.45, 2.75) is 115 Å². The number of aliphatic hydroxyl groups excluding tert-OH is 3. The number of carbonyl (C=O) groups is 1. The zero-order valence-corrected chi connectivity index (χ0v) is 29.4. The van der Waals surface area contributed by atoms with Crippen molar-refractivity contribution in [2.24, 2.45) is 0 Å². The summed E-state index contributed by atoms with van der Waals surface area (Å²) in [7, 11) is 0. The Morgan fingerprint density at radius 1 is 0.788 bits per heavy atom. The summed E-state index contributed by atoms with van der Waals surface area (Å²) in [5.41, 5.74) is -1.22. The summed E-state index contributed by atoms with van der Waals surface area (Å²) < 4.78 is 22.5. The molecule has 5 atom stereocenters. The number of aliphatic hydroxyl groups is 3. The van der Waals surface area contributed by atoms with Gasteiger partial charge in [0.25, 0.3) is 0 Å². The second kappa shape index (κ2) is 19.9. The van der Waals surface area contributed by atoms with Crippen molar-refractivity contribution in [3.05, 3.63) is 64.9 Å². The van der Waals surface area contributed by atoms with Crippen LogP contribution in [0.1, 0.15) is 84.0 Å². The number of phenols is 4. The summed E-state index contributed by atoms with van der Waals surface area (Å²) in [4.78, 5) is 26.1. The van der Waals surface area contributed by atoms with Gasteiger partial charge in [0.05, 0.1) is 0 Å². The molecule has 0 amide bonds. The molecule has 0 unspecified atom stereocenters. The van der Waals surface area contributed by atoms with E-state index in [-0.39, 0.29) is 23.3 Å². The minimum atomic E-state index is -1.90. The fourth-order valence-corrected chi connectivity index (χ4v) is 5.83. The first-order valence-corrected chi connectivity index (χ1v) is 17.9. The fraction of sp³-hybridized carbons (Fsp3) is 0.487. The third-order valence-electron chi connectivity index (χ3n) is 8.80. The van der Waals surface area contributed by atoms with Gasteiger partial charge in [-0.1, -0.05) is 63.3 Å². The maximum absolute atomic E-state index is 13.6. The minimum Gasteiger partial charge on any atom is -0.508 e. The predicted octanol–water partition coefficient (Wildman–Crippen LogP) is 5.83. The van der Waals surface area contributed by atoms with Crippen LogP contribution < -0.4 is 10.2 Å². The Morgan fingerprint density at radius 3 is 2.19 bits per heavy atom. The lowest BCUT2D eigenvalue weighted by molar-refractivity contribution is -0.278. The molecule has 0 bridgehead atoms. The number of unbranched alkanes of at least 4 members (excludes halogenated alkanes) is 8. The maximum Gasteiger partial charge on any atom is 0.305 e. The van der Waals surface area contributed by atoms with Gasteiger partial charge in [0.1, 0.15) is 53.5 Å². The summed E-state index contributed by atoms with van der Waals surface area (Å²) in [6.07, 6.45) is 11.8. The SMILES string of the molecule is CCCCC/C=C\C/C=C\CCCCCCCC(=O)OC[C@H]1O[C@@H](Oc2c(-c3ccc(O)c(O)c3)oc3cc(O)cc(O)c3c2=O)[C@H](O)[C@@H](O)[C@@H]1O. The lowest BCUT2D eigenvalue weighted by Gasteiger charge is -2.39. The number of carbonyl (C=O) groups excluding carboxylic acids is 1. The van der Waals surface area contributed by atoms with E-state index >= 15 is 0 Å². The first kappa shape index (κ1) is 40.2. The zero-order valence-electron chi connectivity index (χ0n) is 29.4. The normalized spacial score (nSPS) is 20.6. The summed E-state index contributed by atoms with van der Waals surface area (Å²) >= 11 is 0. The van der Waals surface area contributed by atoms with Crippen LogP contribution in [0.3, 0.4) is 0 Å². The van der Waals surface area contributed by atoms with E-state index in [2.05, 4.69) is 31.2 Å². The van der Waals surface area contributed by atoms with Crippen LogP contribution in [-0.4, -0.2) is 79.0 Å². The van der Waals surface area contributed by atoms with Crippen molar-refractivity contribution in [2.75, 3.05) is 6.61 Å². The molecular weight excluding hydrogens is 676 g/mol. The Balaban J connectivity index is 1.31. The molecule has 1 aliphatic heterocycles. The first-order chi connectivity index (χ1) is 25.0. The molecule has 1 saturated heterocycles. The van der Waals surface area contributed by atoms with E-state index in [1.807, 2.05) is 0 Å². The Kier molecular flexibility index (Phi) is 15.4. The molecule has 1 aliphatic rings. The standard InChI is InChI=1S/C39H50O13/c1-2-3-4-5-6-7-8-9-10-11-12-13-14-15-16-17-31(44)49-23-30-33(45)35(47)36(48)39(51-30)52-38-34(46)32-28(43)21-25(40)22-29(32)50-37(38)24-18-19-26(41)27(42)20-24/h6-7,9-10,18-22,30,33,35-36,39-43,45,47-48H,2-5,8,11-17,23H2,1H3/b7-6-,10-9-/t30-,33-,35+,36-,39+/m1/s1. The zero-order chi connectivity index (χ0) is 37.6. The third kappa shape index (κ3) is 11.0. The average molecular weight is 727 g/mol. The molecule has 0 radical (unpaired) electrons. The molecule has 2 aromatic carbocycles. The van der Waals surface area contributed by atoms with Crippen LogP contribution in [0.15, 0.2) is 63.8 Å². The molecular formula is C39H50O13. The largest absolute Gasteiger partial charge is 0.508 e. The molecule has 13 heteroatoms. The number of hydrogen-bond donors (Lipinski definition) is 7. The van der Waals surface area contributed by atoms with Gasteiger partial charge in [-0.2, -0.15) is 0 Å². The lowest BCUT2D eigenvalue weighted by Crippen LogP contribution is -2.60. The number of esters is 1. The second-order valence-corrected chi connectivity index (χ2v) is 12.9. The van der Waals surface area contributed by atoms with E-state index in [0.717, 1.165) is 69.2 Å². The summed E-state index contributed by atoms with van der Waals surface area (Å²) in [5, 5.41) is 71.8. The lowest BCUT2D eigenvalue weighted by atomic mass is 9.99. The Bertz CT molecular complexity index is 1730. The van der Waals surface area contributed by atoms with Crippen LogP contribution in [0, 0.1) is 0 Å². The van der Waals surface area contributed by atoms with Gasteiger partial charge in [-0.05, 0) is 56.7 Å². The quantitative estimate of drug-likeness (QED) is 0.0336. The first-order valence-electron chi connectivity index (χ1n) is 17.9. The number of ether oxygens (including phenoxy) is 3. The molecule has 3 aromatic rings. The molecule has 2 heterocycles. The highest BCUT2D eigenvalue weighted by Crippen LogP contribution is 2.39. The van der Waals surface area contributed by atoms with Crippen molar-refractivity contribution < 1.29 is 59.2 Å². The number of benzene rings is 2. The number of rotatable bonds is 19. The Morgan fingerprint density at radius 2 is 1.48 bits per heavy atom. The number of aromatic hydroxyl groups is 4. The molecule has 0 saturated carbocycles. The van der Waals surface area contributed by atoms with Crippen molar-refractivity contribution >= 4 is 16.9 Å². The third-order valence-corrected chi connectivity index (χ3v) is 8.80. The van der Waals surface area contributed by atoms with Crippen LogP contribution in [0.4, 0.5) is 0 Å². The minimum absolute atomic E-state index is 0.0109. The highest BCUT2D eigenvalue weighted by atomic mass is 16.7. The van der Waals surface area contributed by atoms with E-state index in [4.69, 9.17) is 18.6 Å². The van der Waals surface area contributed by atoms with Gasteiger partial charge in [-0.15, -0.1) is 0 Å². The molecule has 1 fully saturated rings. The molecule has 284 valence electrons. The fourth-order valence-electron chi connectivity index (χ4n) is 5.83. The van der Waals surface area contributed by atoms with E-state index in [9.17, 15) is 45.3 Å². The smallest absolute Gasteiger partial charge is 0.305 e. The van der Waals surface area contributed by atoms with Gasteiger partial charge in [-0.3, -0.25) is 9.59 Å². The van der Waals surface area contributed by atoms with Crippen molar-refractivity contribution in [1.82, 2.24) is 0 Å². The van der Waals surface area contributed by atoms with Crippen LogP contribution in [0.5, 0.6) is 28.7 Å². The highest BCUT2D eigenvalue weighted by Gasteiger charge is 2.46. The predicted molar refractivity (Wildman–Crippen MR) is 192 cm³/mol. The Labute approximate surface area is 302 Å². The molecule has 0 spiro atoms. The van der Waals surface area contributed by atoms with E-state index < -0.39 is 82.8 Å². The van der Waals surface area contributed by atoms with E-state index in [1.54, 1.807) is 0 Å². The van der Waals surface area contributed by atoms with Gasteiger partial charge in [-0.25, -0.2) is 0 Å². The molecule has 1 aromatic heterocycles. The van der Waals surface area contributed by atoms with Crippen molar-refractivity contribution in [1.29, 1.82) is 0 Å². The van der Waals surface area contributed by atoms with Gasteiger partial charge < -0.3 is 54.4 Å². The van der Waals surface area contributed by atoms with Crippen molar-refractivity contribution in [3.8, 4) is 40.1 Å². The summed E-state index contributed by atoms with van der Waals surface area (Å²) in [6.45, 7) is 1.71. The Hall–Kier alpha value is -4.56. The summed E-state index contributed by atoms with van der Waals surface area (Å²) in [5.74, 6) is -3.64. The topological polar surface area (TPSA) is 217 Å². The van der Waals surface area contributed by atoms with Gasteiger partial charge >= 0.3 is 5.97 Å². The van der Waals surface area contributed by atoms with Gasteiger partial charge in [0.2, 0.25) is 17.5 Å². The van der Waals surface area contributed by atoms with E-state index in [1.165, 1.54) is 25.3 Å². The maximum atomic E-state index is 13.6.